The number of hydrogen-bond donors (Lipinski definition) is 2. The molecule has 2 aromatic carbocycles. The largest absolute Gasteiger partial charge is 0.356 e. The Bertz CT molecular complexity index is 1550. The standard InChI is InChI=1S/C36H40N6O2/c1-26-10-12-29(23-32(26)33-9-5-6-18-37-33)36(44)40-30-14-19-41(20-15-30)25-27-11-13-34(38-24-27)42-21-16-31(17-22-42)39-35(43)28-7-3-2-4-8-28/h2-13,18,23-24,30-31H,14-17,19-22,25H2,1H3,(H,39,43)(H,40,44). The molecule has 0 unspecified atom stereocenters. The monoisotopic (exact) mass is 588 g/mol. The molecule has 0 aliphatic carbocycles. The van der Waals surface area contributed by atoms with E-state index in [9.17, 15) is 9.59 Å². The van der Waals surface area contributed by atoms with Gasteiger partial charge in [0.25, 0.3) is 11.8 Å². The number of hydrogen-bond acceptors (Lipinski definition) is 6. The van der Waals surface area contributed by atoms with E-state index in [0.29, 0.717) is 11.1 Å². The van der Waals surface area contributed by atoms with Crippen LogP contribution >= 0.6 is 0 Å². The molecule has 0 radical (unpaired) electrons. The highest BCUT2D eigenvalue weighted by Gasteiger charge is 2.24. The van der Waals surface area contributed by atoms with Crippen molar-refractivity contribution >= 4 is 17.6 Å². The van der Waals surface area contributed by atoms with Crippen molar-refractivity contribution in [2.24, 2.45) is 0 Å². The van der Waals surface area contributed by atoms with Crippen molar-refractivity contribution in [1.82, 2.24) is 25.5 Å². The summed E-state index contributed by atoms with van der Waals surface area (Å²) in [5.41, 5.74) is 5.55. The summed E-state index contributed by atoms with van der Waals surface area (Å²) in [4.78, 5) is 39.6. The molecule has 0 spiro atoms. The van der Waals surface area contributed by atoms with E-state index < -0.39 is 0 Å². The van der Waals surface area contributed by atoms with Crippen molar-refractivity contribution in [1.29, 1.82) is 0 Å². The van der Waals surface area contributed by atoms with Crippen molar-refractivity contribution in [2.45, 2.75) is 51.2 Å². The van der Waals surface area contributed by atoms with Crippen molar-refractivity contribution in [3.05, 3.63) is 114 Å². The summed E-state index contributed by atoms with van der Waals surface area (Å²) in [5, 5.41) is 6.43. The second-order valence-corrected chi connectivity index (χ2v) is 11.9. The smallest absolute Gasteiger partial charge is 0.251 e. The van der Waals surface area contributed by atoms with Crippen molar-refractivity contribution in [3.8, 4) is 11.3 Å². The lowest BCUT2D eigenvalue weighted by Gasteiger charge is -2.34. The number of aromatic nitrogens is 2. The number of amides is 2. The van der Waals surface area contributed by atoms with E-state index >= 15 is 0 Å². The number of anilines is 1. The van der Waals surface area contributed by atoms with Crippen LogP contribution in [0.15, 0.2) is 91.3 Å². The zero-order valence-electron chi connectivity index (χ0n) is 25.3. The second kappa shape index (κ2) is 13.8. The molecule has 8 heteroatoms. The van der Waals surface area contributed by atoms with Gasteiger partial charge in [0.05, 0.1) is 5.69 Å². The van der Waals surface area contributed by atoms with E-state index in [4.69, 9.17) is 4.98 Å². The first-order chi connectivity index (χ1) is 21.5. The van der Waals surface area contributed by atoms with Crippen LogP contribution in [0.5, 0.6) is 0 Å². The Balaban J connectivity index is 0.941. The first-order valence-electron chi connectivity index (χ1n) is 15.6. The molecule has 226 valence electrons. The highest BCUT2D eigenvalue weighted by Crippen LogP contribution is 2.24. The van der Waals surface area contributed by atoms with Crippen LogP contribution in [0, 0.1) is 6.92 Å². The third kappa shape index (κ3) is 7.32. The van der Waals surface area contributed by atoms with E-state index in [1.807, 2.05) is 79.9 Å². The van der Waals surface area contributed by atoms with Gasteiger partial charge in [-0.05, 0) is 86.2 Å². The number of likely N-dealkylation sites (tertiary alicyclic amines) is 1. The first-order valence-corrected chi connectivity index (χ1v) is 15.6. The SMILES string of the molecule is Cc1ccc(C(=O)NC2CCN(Cc3ccc(N4CCC(NC(=O)c5ccccc5)CC4)nc3)CC2)cc1-c1ccccn1. The molecule has 0 bridgehead atoms. The Labute approximate surface area is 259 Å². The van der Waals surface area contributed by atoms with Gasteiger partial charge in [-0.15, -0.1) is 0 Å². The Hall–Kier alpha value is -4.56. The normalized spacial score (nSPS) is 16.4. The maximum atomic E-state index is 13.1. The van der Waals surface area contributed by atoms with E-state index in [0.717, 1.165) is 81.0 Å². The Morgan fingerprint density at radius 2 is 1.43 bits per heavy atom. The number of carbonyl (C=O) groups is 2. The minimum Gasteiger partial charge on any atom is -0.356 e. The van der Waals surface area contributed by atoms with Gasteiger partial charge in [0.15, 0.2) is 0 Å². The molecule has 2 saturated heterocycles. The van der Waals surface area contributed by atoms with Gasteiger partial charge in [0, 0.05) is 73.9 Å². The number of benzene rings is 2. The highest BCUT2D eigenvalue weighted by atomic mass is 16.2. The number of nitrogens with one attached hydrogen (secondary N) is 2. The number of piperidine rings is 2. The Kier molecular flexibility index (Phi) is 9.27. The lowest BCUT2D eigenvalue weighted by Crippen LogP contribution is -2.45. The fourth-order valence-corrected chi connectivity index (χ4v) is 6.13. The molecule has 4 aromatic rings. The summed E-state index contributed by atoms with van der Waals surface area (Å²) in [7, 11) is 0. The van der Waals surface area contributed by atoms with Crippen molar-refractivity contribution in [2.75, 3.05) is 31.1 Å². The van der Waals surface area contributed by atoms with Gasteiger partial charge in [0.1, 0.15) is 5.82 Å². The van der Waals surface area contributed by atoms with Gasteiger partial charge >= 0.3 is 0 Å². The van der Waals surface area contributed by atoms with Gasteiger partial charge in [-0.3, -0.25) is 19.5 Å². The first kappa shape index (κ1) is 29.5. The van der Waals surface area contributed by atoms with Crippen molar-refractivity contribution in [3.63, 3.8) is 0 Å². The van der Waals surface area contributed by atoms with Crippen LogP contribution in [0.1, 0.15) is 57.5 Å². The molecule has 0 atom stereocenters. The highest BCUT2D eigenvalue weighted by molar-refractivity contribution is 5.96. The van der Waals surface area contributed by atoms with Crippen molar-refractivity contribution < 1.29 is 9.59 Å². The van der Waals surface area contributed by atoms with E-state index in [-0.39, 0.29) is 23.9 Å². The molecule has 6 rings (SSSR count). The maximum absolute atomic E-state index is 13.1. The van der Waals surface area contributed by atoms with E-state index in [1.165, 1.54) is 5.56 Å². The maximum Gasteiger partial charge on any atom is 0.251 e. The van der Waals surface area contributed by atoms with Gasteiger partial charge in [0.2, 0.25) is 0 Å². The molecule has 2 amide bonds. The van der Waals surface area contributed by atoms with Crippen LogP contribution in [0.2, 0.25) is 0 Å². The van der Waals surface area contributed by atoms with Gasteiger partial charge in [-0.2, -0.15) is 0 Å². The lowest BCUT2D eigenvalue weighted by atomic mass is 10.00. The van der Waals surface area contributed by atoms with E-state index in [2.05, 4.69) is 37.6 Å². The van der Waals surface area contributed by atoms with Crippen LogP contribution in [-0.4, -0.2) is 64.9 Å². The molecule has 2 N–H and O–H groups in total. The lowest BCUT2D eigenvalue weighted by molar-refractivity contribution is 0.0906. The average Bonchev–Trinajstić information content (AvgIpc) is 3.07. The van der Waals surface area contributed by atoms with Gasteiger partial charge in [-0.1, -0.05) is 36.4 Å². The summed E-state index contributed by atoms with van der Waals surface area (Å²) >= 11 is 0. The summed E-state index contributed by atoms with van der Waals surface area (Å²) in [6, 6.07) is 25.7. The molecule has 8 nitrogen and oxygen atoms in total. The fraction of sp³-hybridized carbons (Fsp3) is 0.333. The van der Waals surface area contributed by atoms with Gasteiger partial charge in [-0.25, -0.2) is 4.98 Å². The van der Waals surface area contributed by atoms with Crippen LogP contribution in [0.4, 0.5) is 5.82 Å². The van der Waals surface area contributed by atoms with Crippen LogP contribution in [0.25, 0.3) is 11.3 Å². The molecule has 2 aliphatic heterocycles. The number of carbonyl (C=O) groups excluding carboxylic acids is 2. The van der Waals surface area contributed by atoms with Crippen LogP contribution < -0.4 is 15.5 Å². The quantitative estimate of drug-likeness (QED) is 0.293. The number of rotatable bonds is 8. The van der Waals surface area contributed by atoms with Crippen LogP contribution in [-0.2, 0) is 6.54 Å². The second-order valence-electron chi connectivity index (χ2n) is 11.9. The Morgan fingerprint density at radius 3 is 2.09 bits per heavy atom. The molecule has 0 saturated carbocycles. The zero-order valence-corrected chi connectivity index (χ0v) is 25.3. The third-order valence-corrected chi connectivity index (χ3v) is 8.77. The zero-order chi connectivity index (χ0) is 30.3. The molecular formula is C36H40N6O2. The molecule has 44 heavy (non-hydrogen) atoms. The summed E-state index contributed by atoms with van der Waals surface area (Å²) < 4.78 is 0. The summed E-state index contributed by atoms with van der Waals surface area (Å²) in [6.07, 6.45) is 7.42. The predicted molar refractivity (Wildman–Crippen MR) is 174 cm³/mol. The fourth-order valence-electron chi connectivity index (χ4n) is 6.13. The molecule has 2 fully saturated rings. The van der Waals surface area contributed by atoms with Crippen LogP contribution in [0.3, 0.4) is 0 Å². The van der Waals surface area contributed by atoms with E-state index in [1.54, 1.807) is 6.20 Å². The molecular weight excluding hydrogens is 548 g/mol. The number of nitrogens with zero attached hydrogens (tertiary/aromatic N) is 4. The molecule has 4 heterocycles. The molecule has 2 aromatic heterocycles. The minimum absolute atomic E-state index is 0.000552. The molecule has 2 aliphatic rings. The summed E-state index contributed by atoms with van der Waals surface area (Å²) in [6.45, 7) is 6.51. The number of aryl methyl sites for hydroxylation is 1. The third-order valence-electron chi connectivity index (χ3n) is 8.77. The minimum atomic E-state index is -0.0250. The predicted octanol–water partition coefficient (Wildman–Crippen LogP) is 5.25. The topological polar surface area (TPSA) is 90.5 Å². The summed E-state index contributed by atoms with van der Waals surface area (Å²) in [5.74, 6) is 0.966. The van der Waals surface area contributed by atoms with Gasteiger partial charge < -0.3 is 15.5 Å². The average molecular weight is 589 g/mol. The Morgan fingerprint density at radius 1 is 0.750 bits per heavy atom. The number of pyridine rings is 2.